The van der Waals surface area contributed by atoms with Gasteiger partial charge in [-0.3, -0.25) is 4.55 Å². The summed E-state index contributed by atoms with van der Waals surface area (Å²) in [5, 5.41) is 60.6. The van der Waals surface area contributed by atoms with Crippen molar-refractivity contribution in [3.63, 3.8) is 0 Å². The number of aromatic hydroxyl groups is 4. The fraction of sp³-hybridized carbons (Fsp3) is 0. The molecule has 0 amide bonds. The van der Waals surface area contributed by atoms with Crippen LogP contribution in [0.5, 0.6) is 23.0 Å². The van der Waals surface area contributed by atoms with Gasteiger partial charge in [-0.1, -0.05) is 96.5 Å². The zero-order valence-corrected chi connectivity index (χ0v) is 28.4. The summed E-state index contributed by atoms with van der Waals surface area (Å²) >= 11 is 5.86. The summed E-state index contributed by atoms with van der Waals surface area (Å²) in [5.41, 5.74) is 0.845. The second kappa shape index (κ2) is 14.9. The molecule has 0 spiro atoms. The summed E-state index contributed by atoms with van der Waals surface area (Å²) in [4.78, 5) is -0.424. The Bertz CT molecular complexity index is 2570. The van der Waals surface area contributed by atoms with Gasteiger partial charge in [0.25, 0.3) is 10.1 Å². The molecule has 0 saturated carbocycles. The molecule has 0 atom stereocenters. The molecule has 0 unspecified atom stereocenters. The van der Waals surface area contributed by atoms with E-state index in [0.717, 1.165) is 22.2 Å². The van der Waals surface area contributed by atoms with Crippen LogP contribution in [0.25, 0.3) is 32.3 Å². The monoisotopic (exact) mass is 744 g/mol. The van der Waals surface area contributed by atoms with Gasteiger partial charge in [0.15, 0.2) is 0 Å². The van der Waals surface area contributed by atoms with Gasteiger partial charge >= 0.3 is 0 Å². The van der Waals surface area contributed by atoms with Gasteiger partial charge in [0.2, 0.25) is 0 Å². The van der Waals surface area contributed by atoms with E-state index in [0.29, 0.717) is 21.5 Å². The molecule has 11 nitrogen and oxygen atoms in total. The molecule has 250 valence electrons. The van der Waals surface area contributed by atoms with Gasteiger partial charge in [0.05, 0.1) is 0 Å². The molecule has 0 aliphatic carbocycles. The van der Waals surface area contributed by atoms with Crippen molar-refractivity contribution in [2.45, 2.75) is 4.90 Å². The Morgan fingerprint density at radius 3 is 1.46 bits per heavy atom. The van der Waals surface area contributed by atoms with Gasteiger partial charge in [0.1, 0.15) is 50.6 Å². The van der Waals surface area contributed by atoms with Crippen molar-refractivity contribution in [2.24, 2.45) is 20.5 Å². The third-order valence-corrected chi connectivity index (χ3v) is 8.57. The first kappa shape index (κ1) is 35.8. The molecule has 14 heteroatoms. The van der Waals surface area contributed by atoms with Gasteiger partial charge < -0.3 is 20.4 Å². The van der Waals surface area contributed by atoms with Crippen LogP contribution < -0.4 is 0 Å². The second-order valence-corrected chi connectivity index (χ2v) is 12.4. The smallest absolute Gasteiger partial charge is 0.295 e. The summed E-state index contributed by atoms with van der Waals surface area (Å²) in [5.74, 6) is -0.544. The first-order valence-electron chi connectivity index (χ1n) is 14.5. The number of rotatable bonds is 5. The van der Waals surface area contributed by atoms with Crippen molar-refractivity contribution in [3.05, 3.63) is 126 Å². The Labute approximate surface area is 301 Å². The quantitative estimate of drug-likeness (QED) is 0.0857. The molecule has 5 N–H and O–H groups in total. The fourth-order valence-electron chi connectivity index (χ4n) is 5.11. The molecule has 0 heterocycles. The van der Waals surface area contributed by atoms with Gasteiger partial charge in [-0.25, -0.2) is 0 Å². The van der Waals surface area contributed by atoms with E-state index in [9.17, 15) is 33.4 Å². The average molecular weight is 745 g/mol. The maximum Gasteiger partial charge on any atom is 0.295 e. The summed E-state index contributed by atoms with van der Waals surface area (Å²) in [6, 6.07) is 33.2. The van der Waals surface area contributed by atoms with Crippen LogP contribution in [0.4, 0.5) is 22.7 Å². The largest absolute Gasteiger partial charge is 0.506 e. The second-order valence-electron chi connectivity index (χ2n) is 10.6. The number of halogens is 1. The molecule has 50 heavy (non-hydrogen) atoms. The van der Waals surface area contributed by atoms with Crippen molar-refractivity contribution in [3.8, 4) is 23.0 Å². The Morgan fingerprint density at radius 1 is 0.480 bits per heavy atom. The van der Waals surface area contributed by atoms with Crippen LogP contribution in [0, 0.1) is 0 Å². The minimum atomic E-state index is -4.54. The normalized spacial score (nSPS) is 11.6. The zero-order valence-electron chi connectivity index (χ0n) is 25.6. The van der Waals surface area contributed by atoms with E-state index in [-0.39, 0.29) is 57.1 Å². The average Bonchev–Trinajstić information content (AvgIpc) is 3.09. The molecular formula is C36H25ClCrN4O7S. The number of azo groups is 2. The van der Waals surface area contributed by atoms with Crippen LogP contribution in [0.1, 0.15) is 0 Å². The van der Waals surface area contributed by atoms with E-state index < -0.39 is 20.8 Å². The van der Waals surface area contributed by atoms with E-state index >= 15 is 0 Å². The number of fused-ring (bicyclic) bond motifs is 3. The first-order valence-corrected chi connectivity index (χ1v) is 16.3. The SMILES string of the molecule is O=S(=O)(O)c1cc(O)c(N=Nc2c(O)ccc3ccccc23)c2ccccc12.Oc1ccc(Cl)cc1N=Nc1c(O)ccc2ccccc12.[Cr]. The predicted molar refractivity (Wildman–Crippen MR) is 188 cm³/mol. The Balaban J connectivity index is 0.000000198. The van der Waals surface area contributed by atoms with Gasteiger partial charge in [-0.15, -0.1) is 20.5 Å². The molecule has 0 aliphatic rings. The maximum atomic E-state index is 11.6. The molecule has 0 aromatic heterocycles. The number of nitrogens with zero attached hydrogens (tertiary/aromatic N) is 4. The third kappa shape index (κ3) is 7.53. The number of phenols is 4. The first-order chi connectivity index (χ1) is 23.5. The maximum absolute atomic E-state index is 11.6. The molecule has 7 aromatic rings. The Morgan fingerprint density at radius 2 is 0.920 bits per heavy atom. The molecule has 7 rings (SSSR count). The standard InChI is InChI=1S/C20H14N2O5S.C16H11ClN2O2.Cr/c23-16-10-9-12-5-1-2-6-13(12)19(16)21-22-20-15-8-4-3-7-14(15)18(11-17(20)24)28(25,26)27;17-11-6-8-14(20)13(9-11)18-19-16-12-4-2-1-3-10(12)5-7-15(16)21;/h1-11,23-24H,(H,25,26,27);1-9,20-21H;. The zero-order chi connectivity index (χ0) is 34.7. The van der Waals surface area contributed by atoms with E-state index in [2.05, 4.69) is 20.5 Å². The molecule has 0 bridgehead atoms. The third-order valence-electron chi connectivity index (χ3n) is 7.44. The van der Waals surface area contributed by atoms with Crippen molar-refractivity contribution >= 4 is 76.8 Å². The van der Waals surface area contributed by atoms with E-state index in [1.54, 1.807) is 54.6 Å². The van der Waals surface area contributed by atoms with E-state index in [1.807, 2.05) is 36.4 Å². The summed E-state index contributed by atoms with van der Waals surface area (Å²) in [6.45, 7) is 0. The van der Waals surface area contributed by atoms with Crippen LogP contribution >= 0.6 is 11.6 Å². The Kier molecular flexibility index (Phi) is 10.7. The van der Waals surface area contributed by atoms with Crippen molar-refractivity contribution in [2.75, 3.05) is 0 Å². The van der Waals surface area contributed by atoms with Crippen LogP contribution in [0.2, 0.25) is 5.02 Å². The van der Waals surface area contributed by atoms with Crippen LogP contribution in [-0.4, -0.2) is 33.4 Å². The number of benzene rings is 7. The van der Waals surface area contributed by atoms with Crippen LogP contribution in [0.3, 0.4) is 0 Å². The summed E-state index contributed by atoms with van der Waals surface area (Å²) in [7, 11) is -4.54. The fourth-order valence-corrected chi connectivity index (χ4v) is 5.99. The molecule has 0 aliphatic heterocycles. The molecule has 0 saturated heterocycles. The van der Waals surface area contributed by atoms with E-state index in [1.165, 1.54) is 24.3 Å². The van der Waals surface area contributed by atoms with Gasteiger partial charge in [0, 0.05) is 50.0 Å². The molecule has 0 fully saturated rings. The van der Waals surface area contributed by atoms with Gasteiger partial charge in [-0.2, -0.15) is 8.42 Å². The summed E-state index contributed by atoms with van der Waals surface area (Å²) in [6.07, 6.45) is 0. The Hall–Kier alpha value is -5.55. The minimum Gasteiger partial charge on any atom is -0.506 e. The molecule has 0 radical (unpaired) electrons. The molecular weight excluding hydrogens is 720 g/mol. The topological polar surface area (TPSA) is 185 Å². The minimum absolute atomic E-state index is 0. The van der Waals surface area contributed by atoms with Gasteiger partial charge in [-0.05, 0) is 41.1 Å². The van der Waals surface area contributed by atoms with Crippen molar-refractivity contribution in [1.29, 1.82) is 0 Å². The van der Waals surface area contributed by atoms with E-state index in [4.69, 9.17) is 11.6 Å². The van der Waals surface area contributed by atoms with Crippen molar-refractivity contribution in [1.82, 2.24) is 0 Å². The van der Waals surface area contributed by atoms with Crippen molar-refractivity contribution < 1.29 is 50.8 Å². The van der Waals surface area contributed by atoms with Crippen LogP contribution in [0.15, 0.2) is 147 Å². The number of hydrogen-bond donors (Lipinski definition) is 5. The summed E-state index contributed by atoms with van der Waals surface area (Å²) < 4.78 is 32.7. The van der Waals surface area contributed by atoms with Crippen LogP contribution in [-0.2, 0) is 27.5 Å². The predicted octanol–water partition coefficient (Wildman–Crippen LogP) is 10.4. The number of hydrogen-bond acceptors (Lipinski definition) is 10. The molecule has 7 aromatic carbocycles. The number of phenolic OH excluding ortho intramolecular Hbond substituents is 4.